The maximum absolute atomic E-state index is 12.9. The summed E-state index contributed by atoms with van der Waals surface area (Å²) in [5.41, 5.74) is 4.44. The zero-order valence-electron chi connectivity index (χ0n) is 15.1. The van der Waals surface area contributed by atoms with E-state index in [1.54, 1.807) is 26.4 Å². The predicted octanol–water partition coefficient (Wildman–Crippen LogP) is 5.58. The molecule has 2 aliphatic rings. The maximum atomic E-state index is 12.9. The van der Waals surface area contributed by atoms with Gasteiger partial charge in [-0.1, -0.05) is 29.3 Å². The standard InChI is InChI=1S/C21H19Cl2NO3/c1-26-18-9-13-16(10-19(18)27-2)24-15-4-3-5-17(25)21(15)20(13)12-7-6-11(22)8-14(12)23/h6-10,20,24H,3-5H2,1-2H3/t20-/m1/s1. The van der Waals surface area contributed by atoms with Gasteiger partial charge in [-0.2, -0.15) is 0 Å². The molecule has 0 saturated carbocycles. The van der Waals surface area contributed by atoms with Crippen LogP contribution in [0, 0.1) is 0 Å². The van der Waals surface area contributed by atoms with Gasteiger partial charge in [-0.05, 0) is 42.2 Å². The summed E-state index contributed by atoms with van der Waals surface area (Å²) < 4.78 is 10.9. The first-order valence-corrected chi connectivity index (χ1v) is 9.53. The Morgan fingerprint density at radius 1 is 1.00 bits per heavy atom. The van der Waals surface area contributed by atoms with Gasteiger partial charge in [0.25, 0.3) is 0 Å². The fourth-order valence-electron chi connectivity index (χ4n) is 3.95. The summed E-state index contributed by atoms with van der Waals surface area (Å²) in [6.07, 6.45) is 2.22. The number of carbonyl (C=O) groups excluding carboxylic acids is 1. The third-order valence-corrected chi connectivity index (χ3v) is 5.73. The van der Waals surface area contributed by atoms with Gasteiger partial charge in [0.2, 0.25) is 0 Å². The second kappa shape index (κ2) is 7.10. The molecule has 1 aliphatic carbocycles. The summed E-state index contributed by atoms with van der Waals surface area (Å²) in [5, 5.41) is 4.55. The van der Waals surface area contributed by atoms with E-state index in [4.69, 9.17) is 32.7 Å². The minimum atomic E-state index is -0.270. The minimum absolute atomic E-state index is 0.153. The molecule has 0 fully saturated rings. The lowest BCUT2D eigenvalue weighted by atomic mass is 9.75. The smallest absolute Gasteiger partial charge is 0.162 e. The summed E-state index contributed by atoms with van der Waals surface area (Å²) >= 11 is 12.6. The largest absolute Gasteiger partial charge is 0.493 e. The Bertz CT molecular complexity index is 968. The molecule has 6 heteroatoms. The minimum Gasteiger partial charge on any atom is -0.493 e. The van der Waals surface area contributed by atoms with Crippen molar-refractivity contribution in [1.82, 2.24) is 0 Å². The van der Waals surface area contributed by atoms with Crippen LogP contribution in [0.15, 0.2) is 41.6 Å². The number of carbonyl (C=O) groups is 1. The van der Waals surface area contributed by atoms with E-state index in [1.807, 2.05) is 18.2 Å². The molecule has 2 aromatic carbocycles. The van der Waals surface area contributed by atoms with Gasteiger partial charge in [0.1, 0.15) is 0 Å². The lowest BCUT2D eigenvalue weighted by Gasteiger charge is -2.35. The summed E-state index contributed by atoms with van der Waals surface area (Å²) in [6.45, 7) is 0. The lowest BCUT2D eigenvalue weighted by Crippen LogP contribution is -2.27. The lowest BCUT2D eigenvalue weighted by molar-refractivity contribution is -0.116. The molecule has 0 bridgehead atoms. The monoisotopic (exact) mass is 403 g/mol. The highest BCUT2D eigenvalue weighted by atomic mass is 35.5. The number of hydrogen-bond donors (Lipinski definition) is 1. The predicted molar refractivity (Wildman–Crippen MR) is 107 cm³/mol. The first-order chi connectivity index (χ1) is 13.0. The Labute approximate surface area is 168 Å². The van der Waals surface area contributed by atoms with Gasteiger partial charge in [0, 0.05) is 45.4 Å². The fourth-order valence-corrected chi connectivity index (χ4v) is 4.46. The van der Waals surface area contributed by atoms with E-state index < -0.39 is 0 Å². The molecule has 1 atom stereocenters. The number of nitrogens with one attached hydrogen (secondary N) is 1. The third-order valence-electron chi connectivity index (χ3n) is 5.17. The fraction of sp³-hybridized carbons (Fsp3) is 0.286. The molecule has 0 amide bonds. The van der Waals surface area contributed by atoms with E-state index in [9.17, 15) is 4.79 Å². The Kier molecular flexibility index (Phi) is 4.79. The molecule has 1 heterocycles. The Hall–Kier alpha value is -2.17. The first kappa shape index (κ1) is 18.2. The molecule has 0 aromatic heterocycles. The topological polar surface area (TPSA) is 47.6 Å². The Morgan fingerprint density at radius 2 is 1.74 bits per heavy atom. The normalized spacial score (nSPS) is 18.5. The average molecular weight is 404 g/mol. The highest BCUT2D eigenvalue weighted by Gasteiger charge is 2.36. The van der Waals surface area contributed by atoms with Crippen molar-refractivity contribution in [3.63, 3.8) is 0 Å². The number of allylic oxidation sites excluding steroid dienone is 2. The van der Waals surface area contributed by atoms with Crippen LogP contribution in [0.25, 0.3) is 0 Å². The Morgan fingerprint density at radius 3 is 2.44 bits per heavy atom. The van der Waals surface area contributed by atoms with E-state index in [1.165, 1.54) is 0 Å². The van der Waals surface area contributed by atoms with Crippen LogP contribution in [-0.4, -0.2) is 20.0 Å². The number of ketones is 1. The number of benzene rings is 2. The summed E-state index contributed by atoms with van der Waals surface area (Å²) in [6, 6.07) is 9.25. The number of methoxy groups -OCH3 is 2. The van der Waals surface area contributed by atoms with Gasteiger partial charge in [-0.3, -0.25) is 4.79 Å². The molecule has 1 N–H and O–H groups in total. The quantitative estimate of drug-likeness (QED) is 0.726. The SMILES string of the molecule is COc1cc2c(cc1OC)[C@@H](c1ccc(Cl)cc1Cl)C1=C(CCCC1=O)N2. The molecule has 0 spiro atoms. The van der Waals surface area contributed by atoms with Crippen molar-refractivity contribution in [3.05, 3.63) is 62.8 Å². The molecule has 0 unspecified atom stereocenters. The number of Topliss-reactive ketones (excluding diaryl/α,β-unsaturated/α-hetero) is 1. The number of rotatable bonds is 3. The van der Waals surface area contributed by atoms with Gasteiger partial charge in [-0.15, -0.1) is 0 Å². The number of anilines is 1. The van der Waals surface area contributed by atoms with Crippen LogP contribution < -0.4 is 14.8 Å². The number of fused-ring (bicyclic) bond motifs is 1. The average Bonchev–Trinajstić information content (AvgIpc) is 2.66. The number of ether oxygens (including phenoxy) is 2. The van der Waals surface area contributed by atoms with Crippen LogP contribution in [-0.2, 0) is 4.79 Å². The molecular formula is C21H19Cl2NO3. The van der Waals surface area contributed by atoms with Crippen LogP contribution in [0.3, 0.4) is 0 Å². The molecule has 140 valence electrons. The molecule has 0 saturated heterocycles. The molecule has 4 nitrogen and oxygen atoms in total. The number of hydrogen-bond acceptors (Lipinski definition) is 4. The van der Waals surface area contributed by atoms with Crippen molar-refractivity contribution in [2.75, 3.05) is 19.5 Å². The van der Waals surface area contributed by atoms with Gasteiger partial charge in [0.15, 0.2) is 17.3 Å². The van der Waals surface area contributed by atoms with Crippen molar-refractivity contribution in [3.8, 4) is 11.5 Å². The summed E-state index contributed by atoms with van der Waals surface area (Å²) in [4.78, 5) is 12.9. The third kappa shape index (κ3) is 3.07. The molecule has 0 radical (unpaired) electrons. The van der Waals surface area contributed by atoms with E-state index in [0.717, 1.165) is 40.9 Å². The van der Waals surface area contributed by atoms with Crippen molar-refractivity contribution in [2.24, 2.45) is 0 Å². The summed E-state index contributed by atoms with van der Waals surface area (Å²) in [5.74, 6) is 1.13. The molecule has 4 rings (SSSR count). The number of halogens is 2. The van der Waals surface area contributed by atoms with Crippen molar-refractivity contribution >= 4 is 34.7 Å². The van der Waals surface area contributed by atoms with Crippen LogP contribution in [0.1, 0.15) is 36.3 Å². The summed E-state index contributed by atoms with van der Waals surface area (Å²) in [7, 11) is 3.21. The molecular weight excluding hydrogens is 385 g/mol. The second-order valence-corrected chi connectivity index (χ2v) is 7.53. The van der Waals surface area contributed by atoms with Gasteiger partial charge >= 0.3 is 0 Å². The van der Waals surface area contributed by atoms with E-state index >= 15 is 0 Å². The van der Waals surface area contributed by atoms with Crippen LogP contribution in [0.5, 0.6) is 11.5 Å². The molecule has 2 aromatic rings. The Balaban J connectivity index is 1.98. The van der Waals surface area contributed by atoms with Crippen LogP contribution >= 0.6 is 23.2 Å². The van der Waals surface area contributed by atoms with Crippen molar-refractivity contribution < 1.29 is 14.3 Å². The zero-order chi connectivity index (χ0) is 19.1. The van der Waals surface area contributed by atoms with E-state index in [-0.39, 0.29) is 11.7 Å². The first-order valence-electron chi connectivity index (χ1n) is 8.77. The van der Waals surface area contributed by atoms with Gasteiger partial charge in [-0.25, -0.2) is 0 Å². The van der Waals surface area contributed by atoms with Gasteiger partial charge in [0.05, 0.1) is 14.2 Å². The van der Waals surface area contributed by atoms with Crippen LogP contribution in [0.4, 0.5) is 5.69 Å². The van der Waals surface area contributed by atoms with Crippen molar-refractivity contribution in [1.29, 1.82) is 0 Å². The zero-order valence-corrected chi connectivity index (χ0v) is 16.6. The van der Waals surface area contributed by atoms with Crippen molar-refractivity contribution in [2.45, 2.75) is 25.2 Å². The van der Waals surface area contributed by atoms with E-state index in [2.05, 4.69) is 5.32 Å². The van der Waals surface area contributed by atoms with E-state index in [0.29, 0.717) is 28.0 Å². The van der Waals surface area contributed by atoms with Gasteiger partial charge < -0.3 is 14.8 Å². The highest BCUT2D eigenvalue weighted by Crippen LogP contribution is 2.49. The molecule has 27 heavy (non-hydrogen) atoms. The maximum Gasteiger partial charge on any atom is 0.162 e. The second-order valence-electron chi connectivity index (χ2n) is 6.69. The molecule has 1 aliphatic heterocycles. The highest BCUT2D eigenvalue weighted by molar-refractivity contribution is 6.35. The van der Waals surface area contributed by atoms with Crippen LogP contribution in [0.2, 0.25) is 10.0 Å².